The predicted octanol–water partition coefficient (Wildman–Crippen LogP) is 4.09. The highest BCUT2D eigenvalue weighted by Crippen LogP contribution is 2.35. The van der Waals surface area contributed by atoms with Gasteiger partial charge in [-0.3, -0.25) is 4.79 Å². The second kappa shape index (κ2) is 5.76. The zero-order chi connectivity index (χ0) is 16.6. The highest BCUT2D eigenvalue weighted by atomic mass is 19.4. The molecule has 1 aliphatic rings. The number of nitrogens with one attached hydrogen (secondary N) is 1. The summed E-state index contributed by atoms with van der Waals surface area (Å²) in [5.41, 5.74) is -0.731. The van der Waals surface area contributed by atoms with Crippen molar-refractivity contribution in [2.24, 2.45) is 0 Å². The summed E-state index contributed by atoms with van der Waals surface area (Å²) in [7, 11) is 0. The molecule has 2 heterocycles. The van der Waals surface area contributed by atoms with E-state index in [2.05, 4.69) is 16.5 Å². The highest BCUT2D eigenvalue weighted by Gasteiger charge is 2.33. The number of aromatic amines is 1. The van der Waals surface area contributed by atoms with Gasteiger partial charge in [0.2, 0.25) is 5.56 Å². The average molecular weight is 322 g/mol. The number of pyridine rings is 1. The number of halogens is 3. The van der Waals surface area contributed by atoms with Crippen molar-refractivity contribution in [3.05, 3.63) is 52.8 Å². The number of alkyl halides is 3. The quantitative estimate of drug-likeness (QED) is 0.845. The number of H-pyrrole nitrogens is 1. The first-order valence-electron chi connectivity index (χ1n) is 7.53. The molecule has 1 saturated heterocycles. The molecule has 1 aromatic heterocycles. The maximum absolute atomic E-state index is 13.2. The lowest BCUT2D eigenvalue weighted by molar-refractivity contribution is -0.136. The number of piperidine rings is 1. The molecule has 0 saturated carbocycles. The fourth-order valence-electron chi connectivity index (χ4n) is 3.18. The molecule has 1 atom stereocenters. The van der Waals surface area contributed by atoms with Crippen LogP contribution in [0, 0.1) is 0 Å². The summed E-state index contributed by atoms with van der Waals surface area (Å²) in [4.78, 5) is 16.0. The van der Waals surface area contributed by atoms with E-state index in [1.165, 1.54) is 12.1 Å². The third-order valence-electron chi connectivity index (χ3n) is 4.28. The summed E-state index contributed by atoms with van der Waals surface area (Å²) in [6.45, 7) is 4.61. The van der Waals surface area contributed by atoms with E-state index >= 15 is 0 Å². The monoisotopic (exact) mass is 322 g/mol. The van der Waals surface area contributed by atoms with Crippen LogP contribution in [-0.2, 0) is 6.18 Å². The molecule has 0 amide bonds. The number of fused-ring (bicyclic) bond motifs is 1. The third-order valence-corrected chi connectivity index (χ3v) is 4.28. The highest BCUT2D eigenvalue weighted by molar-refractivity contribution is 5.86. The van der Waals surface area contributed by atoms with Gasteiger partial charge in [-0.05, 0) is 37.5 Å². The van der Waals surface area contributed by atoms with Gasteiger partial charge in [0.05, 0.1) is 5.56 Å². The number of anilines is 1. The SMILES string of the molecule is C=CC1CCCCN1c1ccc2[nH]c(=O)cc(C(F)(F)F)c2c1. The molecule has 0 aliphatic carbocycles. The lowest BCUT2D eigenvalue weighted by Gasteiger charge is -2.36. The molecule has 2 aromatic rings. The van der Waals surface area contributed by atoms with Gasteiger partial charge in [0.15, 0.2) is 0 Å². The van der Waals surface area contributed by atoms with Crippen LogP contribution in [0.15, 0.2) is 41.7 Å². The Morgan fingerprint density at radius 2 is 2.04 bits per heavy atom. The molecule has 0 spiro atoms. The van der Waals surface area contributed by atoms with Gasteiger partial charge in [-0.2, -0.15) is 13.2 Å². The lowest BCUT2D eigenvalue weighted by Crippen LogP contribution is -2.38. The van der Waals surface area contributed by atoms with Crippen LogP contribution >= 0.6 is 0 Å². The molecule has 1 fully saturated rings. The van der Waals surface area contributed by atoms with Crippen molar-refractivity contribution in [2.75, 3.05) is 11.4 Å². The molecule has 0 bridgehead atoms. The second-order valence-corrected chi connectivity index (χ2v) is 5.77. The zero-order valence-electron chi connectivity index (χ0n) is 12.5. The van der Waals surface area contributed by atoms with Crippen LogP contribution in [0.3, 0.4) is 0 Å². The first-order chi connectivity index (χ1) is 10.9. The molecule has 0 radical (unpaired) electrons. The van der Waals surface area contributed by atoms with Crippen molar-refractivity contribution in [3.63, 3.8) is 0 Å². The van der Waals surface area contributed by atoms with E-state index in [0.717, 1.165) is 31.5 Å². The molecule has 1 unspecified atom stereocenters. The van der Waals surface area contributed by atoms with Crippen LogP contribution < -0.4 is 10.5 Å². The predicted molar refractivity (Wildman–Crippen MR) is 84.8 cm³/mol. The number of rotatable bonds is 2. The largest absolute Gasteiger partial charge is 0.417 e. The molecule has 1 N–H and O–H groups in total. The molecule has 1 aromatic carbocycles. The lowest BCUT2D eigenvalue weighted by atomic mass is 10.00. The van der Waals surface area contributed by atoms with Gasteiger partial charge < -0.3 is 9.88 Å². The molecule has 122 valence electrons. The van der Waals surface area contributed by atoms with E-state index in [-0.39, 0.29) is 16.9 Å². The third kappa shape index (κ3) is 2.98. The second-order valence-electron chi connectivity index (χ2n) is 5.77. The Morgan fingerprint density at radius 3 is 2.74 bits per heavy atom. The van der Waals surface area contributed by atoms with Crippen molar-refractivity contribution in [3.8, 4) is 0 Å². The van der Waals surface area contributed by atoms with Crippen LogP contribution in [0.5, 0.6) is 0 Å². The Bertz CT molecular complexity index is 795. The topological polar surface area (TPSA) is 36.1 Å². The Hall–Kier alpha value is -2.24. The van der Waals surface area contributed by atoms with Crippen LogP contribution in [-0.4, -0.2) is 17.6 Å². The van der Waals surface area contributed by atoms with E-state index in [9.17, 15) is 18.0 Å². The Labute approximate surface area is 131 Å². The minimum Gasteiger partial charge on any atom is -0.365 e. The molecule has 1 aliphatic heterocycles. The summed E-state index contributed by atoms with van der Waals surface area (Å²) >= 11 is 0. The number of benzene rings is 1. The van der Waals surface area contributed by atoms with Crippen LogP contribution in [0.2, 0.25) is 0 Å². The molecule has 3 rings (SSSR count). The first-order valence-corrected chi connectivity index (χ1v) is 7.53. The summed E-state index contributed by atoms with van der Waals surface area (Å²) in [5.74, 6) is 0. The van der Waals surface area contributed by atoms with E-state index in [1.807, 2.05) is 6.08 Å². The first kappa shape index (κ1) is 15.6. The van der Waals surface area contributed by atoms with E-state index in [0.29, 0.717) is 6.07 Å². The Morgan fingerprint density at radius 1 is 1.26 bits per heavy atom. The molecule has 3 nitrogen and oxygen atoms in total. The van der Waals surface area contributed by atoms with Crippen LogP contribution in [0.4, 0.5) is 18.9 Å². The van der Waals surface area contributed by atoms with Gasteiger partial charge in [0.25, 0.3) is 0 Å². The van der Waals surface area contributed by atoms with E-state index in [1.54, 1.807) is 6.07 Å². The maximum atomic E-state index is 13.2. The minimum atomic E-state index is -4.56. The van der Waals surface area contributed by atoms with Gasteiger partial charge in [-0.1, -0.05) is 6.08 Å². The zero-order valence-corrected chi connectivity index (χ0v) is 12.5. The standard InChI is InChI=1S/C17H17F3N2O/c1-2-11-5-3-4-8-22(11)12-6-7-15-13(9-12)14(17(18,19)20)10-16(23)21-15/h2,6-7,9-11H,1,3-5,8H2,(H,21,23). The Kier molecular flexibility index (Phi) is 3.92. The molecular weight excluding hydrogens is 305 g/mol. The van der Waals surface area contributed by atoms with E-state index in [4.69, 9.17) is 0 Å². The smallest absolute Gasteiger partial charge is 0.365 e. The fourth-order valence-corrected chi connectivity index (χ4v) is 3.18. The Balaban J connectivity index is 2.16. The van der Waals surface area contributed by atoms with Crippen molar-refractivity contribution in [2.45, 2.75) is 31.5 Å². The summed E-state index contributed by atoms with van der Waals surface area (Å²) in [5, 5.41) is 0.0167. The van der Waals surface area contributed by atoms with E-state index < -0.39 is 17.3 Å². The number of hydrogen-bond acceptors (Lipinski definition) is 2. The van der Waals surface area contributed by atoms with Crippen molar-refractivity contribution in [1.82, 2.24) is 4.98 Å². The normalized spacial score (nSPS) is 19.1. The minimum absolute atomic E-state index is 0.0167. The number of aromatic nitrogens is 1. The van der Waals surface area contributed by atoms with Gasteiger partial charge in [-0.25, -0.2) is 0 Å². The average Bonchev–Trinajstić information content (AvgIpc) is 2.52. The van der Waals surface area contributed by atoms with Gasteiger partial charge >= 0.3 is 6.18 Å². The number of nitrogens with zero attached hydrogens (tertiary/aromatic N) is 1. The van der Waals surface area contributed by atoms with Crippen molar-refractivity contribution in [1.29, 1.82) is 0 Å². The number of hydrogen-bond donors (Lipinski definition) is 1. The summed E-state index contributed by atoms with van der Waals surface area (Å²) < 4.78 is 39.7. The summed E-state index contributed by atoms with van der Waals surface area (Å²) in [6.07, 6.45) is 0.299. The van der Waals surface area contributed by atoms with Crippen molar-refractivity contribution < 1.29 is 13.2 Å². The molecular formula is C17H17F3N2O. The van der Waals surface area contributed by atoms with Gasteiger partial charge in [-0.15, -0.1) is 6.58 Å². The van der Waals surface area contributed by atoms with Gasteiger partial charge in [0.1, 0.15) is 0 Å². The van der Waals surface area contributed by atoms with Crippen LogP contribution in [0.1, 0.15) is 24.8 Å². The molecule has 23 heavy (non-hydrogen) atoms. The van der Waals surface area contributed by atoms with Crippen LogP contribution in [0.25, 0.3) is 10.9 Å². The fraction of sp³-hybridized carbons (Fsp3) is 0.353. The summed E-state index contributed by atoms with van der Waals surface area (Å²) in [6, 6.07) is 5.54. The molecule has 6 heteroatoms. The maximum Gasteiger partial charge on any atom is 0.417 e. The van der Waals surface area contributed by atoms with Crippen molar-refractivity contribution >= 4 is 16.6 Å². The van der Waals surface area contributed by atoms with Gasteiger partial charge in [0, 0.05) is 35.2 Å².